The number of nitriles is 1. The number of halogens is 1. The molecule has 0 spiro atoms. The van der Waals surface area contributed by atoms with Gasteiger partial charge in [0.05, 0.1) is 16.1 Å². The molecule has 0 aliphatic carbocycles. The van der Waals surface area contributed by atoms with E-state index in [-0.39, 0.29) is 5.56 Å². The van der Waals surface area contributed by atoms with Crippen molar-refractivity contribution in [3.63, 3.8) is 0 Å². The van der Waals surface area contributed by atoms with Crippen molar-refractivity contribution < 1.29 is 14.6 Å². The summed E-state index contributed by atoms with van der Waals surface area (Å²) in [5.41, 5.74) is 1.27. The predicted octanol–water partition coefficient (Wildman–Crippen LogP) is 4.01. The largest absolute Gasteiger partial charge is 0.478 e. The highest BCUT2D eigenvalue weighted by molar-refractivity contribution is 6.31. The molecule has 0 saturated heterocycles. The highest BCUT2D eigenvalue weighted by Gasteiger charge is 2.08. The molecule has 20 heavy (non-hydrogen) atoms. The molecule has 2 rings (SSSR count). The lowest BCUT2D eigenvalue weighted by Gasteiger charge is -2.10. The number of aryl methyl sites for hydroxylation is 1. The van der Waals surface area contributed by atoms with Crippen LogP contribution < -0.4 is 4.74 Å². The van der Waals surface area contributed by atoms with Crippen molar-refractivity contribution in [1.29, 1.82) is 5.26 Å². The normalized spacial score (nSPS) is 9.85. The maximum atomic E-state index is 10.8. The van der Waals surface area contributed by atoms with Crippen molar-refractivity contribution in [3.05, 3.63) is 58.1 Å². The van der Waals surface area contributed by atoms with E-state index in [1.165, 1.54) is 12.1 Å². The van der Waals surface area contributed by atoms with Crippen molar-refractivity contribution in [2.75, 3.05) is 0 Å². The Morgan fingerprint density at radius 3 is 2.60 bits per heavy atom. The van der Waals surface area contributed by atoms with Crippen molar-refractivity contribution in [3.8, 4) is 17.6 Å². The molecule has 2 aromatic carbocycles. The Labute approximate surface area is 120 Å². The minimum absolute atomic E-state index is 0.202. The summed E-state index contributed by atoms with van der Waals surface area (Å²) in [5, 5.41) is 18.0. The van der Waals surface area contributed by atoms with Crippen LogP contribution in [0.15, 0.2) is 36.4 Å². The number of carboxylic acids is 1. The van der Waals surface area contributed by atoms with Crippen molar-refractivity contribution in [2.24, 2.45) is 0 Å². The minimum Gasteiger partial charge on any atom is -0.478 e. The SMILES string of the molecule is Cc1cc(C(=O)O)ccc1Oc1ccc(C#N)c(Cl)c1. The maximum Gasteiger partial charge on any atom is 0.335 e. The first-order valence-electron chi connectivity index (χ1n) is 5.72. The maximum absolute atomic E-state index is 10.8. The van der Waals surface area contributed by atoms with Crippen LogP contribution >= 0.6 is 11.6 Å². The fourth-order valence-corrected chi connectivity index (χ4v) is 1.89. The topological polar surface area (TPSA) is 70.3 Å². The van der Waals surface area contributed by atoms with Crippen LogP contribution in [0.2, 0.25) is 5.02 Å². The van der Waals surface area contributed by atoms with Crippen molar-refractivity contribution in [1.82, 2.24) is 0 Å². The summed E-state index contributed by atoms with van der Waals surface area (Å²) in [4.78, 5) is 10.8. The van der Waals surface area contributed by atoms with Gasteiger partial charge in [0, 0.05) is 6.07 Å². The molecular weight excluding hydrogens is 278 g/mol. The Morgan fingerprint density at radius 2 is 2.05 bits per heavy atom. The molecule has 0 saturated carbocycles. The van der Waals surface area contributed by atoms with Crippen LogP contribution in [0, 0.1) is 18.3 Å². The van der Waals surface area contributed by atoms with E-state index in [0.717, 1.165) is 0 Å². The molecule has 1 N–H and O–H groups in total. The molecule has 0 aliphatic rings. The lowest BCUT2D eigenvalue weighted by molar-refractivity contribution is 0.0697. The highest BCUT2D eigenvalue weighted by atomic mass is 35.5. The quantitative estimate of drug-likeness (QED) is 0.926. The van der Waals surface area contributed by atoms with Crippen LogP contribution in [0.3, 0.4) is 0 Å². The molecule has 0 radical (unpaired) electrons. The highest BCUT2D eigenvalue weighted by Crippen LogP contribution is 2.29. The van der Waals surface area contributed by atoms with Crippen LogP contribution in [0.25, 0.3) is 0 Å². The number of ether oxygens (including phenoxy) is 1. The van der Waals surface area contributed by atoms with Crippen LogP contribution in [0.1, 0.15) is 21.5 Å². The fourth-order valence-electron chi connectivity index (χ4n) is 1.67. The molecule has 100 valence electrons. The summed E-state index contributed by atoms with van der Waals surface area (Å²) in [7, 11) is 0. The number of rotatable bonds is 3. The molecule has 0 fully saturated rings. The molecule has 2 aromatic rings. The lowest BCUT2D eigenvalue weighted by atomic mass is 10.1. The smallest absolute Gasteiger partial charge is 0.335 e. The Balaban J connectivity index is 2.29. The van der Waals surface area contributed by atoms with Gasteiger partial charge in [0.1, 0.15) is 17.6 Å². The molecular formula is C15H10ClNO3. The second-order valence-electron chi connectivity index (χ2n) is 4.14. The Bertz CT molecular complexity index is 720. The molecule has 0 atom stereocenters. The monoisotopic (exact) mass is 287 g/mol. The van der Waals surface area contributed by atoms with Gasteiger partial charge >= 0.3 is 5.97 Å². The molecule has 0 aromatic heterocycles. The minimum atomic E-state index is -0.985. The van der Waals surface area contributed by atoms with Gasteiger partial charge in [-0.15, -0.1) is 0 Å². The number of hydrogen-bond acceptors (Lipinski definition) is 3. The van der Waals surface area contributed by atoms with E-state index < -0.39 is 5.97 Å². The summed E-state index contributed by atoms with van der Waals surface area (Å²) in [6.07, 6.45) is 0. The van der Waals surface area contributed by atoms with E-state index in [4.69, 9.17) is 26.7 Å². The Hall–Kier alpha value is -2.51. The van der Waals surface area contributed by atoms with E-state index >= 15 is 0 Å². The standard InChI is InChI=1S/C15H10ClNO3/c1-9-6-10(15(18)19)3-5-14(9)20-12-4-2-11(8-17)13(16)7-12/h2-7H,1H3,(H,18,19). The van der Waals surface area contributed by atoms with Crippen LogP contribution in [-0.2, 0) is 0 Å². The zero-order chi connectivity index (χ0) is 14.7. The number of carboxylic acid groups (broad SMARTS) is 1. The van der Waals surface area contributed by atoms with Crippen LogP contribution in [-0.4, -0.2) is 11.1 Å². The van der Waals surface area contributed by atoms with Crippen molar-refractivity contribution in [2.45, 2.75) is 6.92 Å². The van der Waals surface area contributed by atoms with E-state index in [1.54, 1.807) is 31.2 Å². The Morgan fingerprint density at radius 1 is 1.30 bits per heavy atom. The van der Waals surface area contributed by atoms with E-state index in [9.17, 15) is 4.79 Å². The van der Waals surface area contributed by atoms with Gasteiger partial charge in [-0.2, -0.15) is 5.26 Å². The number of nitrogens with zero attached hydrogens (tertiary/aromatic N) is 1. The van der Waals surface area contributed by atoms with Gasteiger partial charge in [-0.25, -0.2) is 4.79 Å². The molecule has 0 bridgehead atoms. The van der Waals surface area contributed by atoms with E-state index in [0.29, 0.717) is 27.6 Å². The van der Waals surface area contributed by atoms with Crippen molar-refractivity contribution >= 4 is 17.6 Å². The third kappa shape index (κ3) is 2.90. The van der Waals surface area contributed by atoms with Gasteiger partial charge in [0.2, 0.25) is 0 Å². The first kappa shape index (κ1) is 13.9. The van der Waals surface area contributed by atoms with Gasteiger partial charge in [0.25, 0.3) is 0 Å². The summed E-state index contributed by atoms with van der Waals surface area (Å²) in [6.45, 7) is 1.76. The lowest BCUT2D eigenvalue weighted by Crippen LogP contribution is -1.97. The molecule has 0 heterocycles. The predicted molar refractivity (Wildman–Crippen MR) is 74.4 cm³/mol. The zero-order valence-corrected chi connectivity index (χ0v) is 11.3. The number of hydrogen-bond donors (Lipinski definition) is 1. The second kappa shape index (κ2) is 5.64. The number of aromatic carboxylic acids is 1. The van der Waals surface area contributed by atoms with Gasteiger partial charge in [-0.1, -0.05) is 11.6 Å². The third-order valence-electron chi connectivity index (χ3n) is 2.71. The van der Waals surface area contributed by atoms with Crippen LogP contribution in [0.4, 0.5) is 0 Å². The van der Waals surface area contributed by atoms with Gasteiger partial charge in [-0.3, -0.25) is 0 Å². The average molecular weight is 288 g/mol. The van der Waals surface area contributed by atoms with Gasteiger partial charge in [0.15, 0.2) is 0 Å². The van der Waals surface area contributed by atoms with Gasteiger partial charge in [-0.05, 0) is 42.8 Å². The first-order valence-corrected chi connectivity index (χ1v) is 6.10. The van der Waals surface area contributed by atoms with E-state index in [2.05, 4.69) is 0 Å². The summed E-state index contributed by atoms with van der Waals surface area (Å²) in [5.74, 6) is 0.0389. The second-order valence-corrected chi connectivity index (χ2v) is 4.55. The molecule has 0 amide bonds. The molecule has 0 aliphatic heterocycles. The molecule has 0 unspecified atom stereocenters. The average Bonchev–Trinajstić information content (AvgIpc) is 2.41. The number of carbonyl (C=O) groups is 1. The fraction of sp³-hybridized carbons (Fsp3) is 0.0667. The first-order chi connectivity index (χ1) is 9.51. The van der Waals surface area contributed by atoms with E-state index in [1.807, 2.05) is 6.07 Å². The molecule has 4 nitrogen and oxygen atoms in total. The summed E-state index contributed by atoms with van der Waals surface area (Å²) >= 11 is 5.92. The zero-order valence-electron chi connectivity index (χ0n) is 10.6. The summed E-state index contributed by atoms with van der Waals surface area (Å²) < 4.78 is 5.64. The number of benzene rings is 2. The summed E-state index contributed by atoms with van der Waals surface area (Å²) in [6, 6.07) is 11.3. The van der Waals surface area contributed by atoms with Crippen LogP contribution in [0.5, 0.6) is 11.5 Å². The third-order valence-corrected chi connectivity index (χ3v) is 3.02. The Kier molecular flexibility index (Phi) is 3.92. The molecule has 5 heteroatoms. The van der Waals surface area contributed by atoms with Gasteiger partial charge < -0.3 is 9.84 Å².